The van der Waals surface area contributed by atoms with Crippen LogP contribution in [-0.4, -0.2) is 24.6 Å². The van der Waals surface area contributed by atoms with E-state index in [-0.39, 0.29) is 12.5 Å². The van der Waals surface area contributed by atoms with E-state index < -0.39 is 24.9 Å². The van der Waals surface area contributed by atoms with E-state index in [0.717, 1.165) is 25.7 Å². The van der Waals surface area contributed by atoms with E-state index in [9.17, 15) is 26.7 Å². The Morgan fingerprint density at radius 3 is 1.72 bits per heavy atom. The summed E-state index contributed by atoms with van der Waals surface area (Å²) in [6.07, 6.45) is 4.55. The fourth-order valence-electron chi connectivity index (χ4n) is 2.54. The van der Waals surface area contributed by atoms with Gasteiger partial charge in [-0.1, -0.05) is 64.7 Å². The van der Waals surface area contributed by atoms with Crippen molar-refractivity contribution in [1.29, 1.82) is 0 Å². The summed E-state index contributed by atoms with van der Waals surface area (Å²) in [5.41, 5.74) is 0. The summed E-state index contributed by atoms with van der Waals surface area (Å²) in [6, 6.07) is 0. The van der Waals surface area contributed by atoms with Gasteiger partial charge in [0.15, 0.2) is 0 Å². The van der Waals surface area contributed by atoms with Gasteiger partial charge in [-0.25, -0.2) is 0 Å². The highest BCUT2D eigenvalue weighted by atomic mass is 19.4. The molecule has 25 heavy (non-hydrogen) atoms. The molecule has 0 spiro atoms. The lowest BCUT2D eigenvalue weighted by atomic mass is 10.1. The summed E-state index contributed by atoms with van der Waals surface area (Å²) in [5.74, 6) is -4.97. The second kappa shape index (κ2) is 13.3. The molecule has 1 amide bonds. The van der Waals surface area contributed by atoms with Crippen LogP contribution in [0.2, 0.25) is 0 Å². The van der Waals surface area contributed by atoms with Crippen molar-refractivity contribution in [3.63, 3.8) is 0 Å². The summed E-state index contributed by atoms with van der Waals surface area (Å²) in [7, 11) is 0. The Bertz CT molecular complexity index is 345. The molecule has 0 radical (unpaired) electrons. The molecule has 0 aromatic rings. The molecule has 150 valence electrons. The van der Waals surface area contributed by atoms with Crippen LogP contribution >= 0.6 is 0 Å². The van der Waals surface area contributed by atoms with Gasteiger partial charge in [-0.3, -0.25) is 4.79 Å². The number of hydrogen-bond acceptors (Lipinski definition) is 1. The molecule has 0 saturated carbocycles. The first kappa shape index (κ1) is 24.1. The summed E-state index contributed by atoms with van der Waals surface area (Å²) in [5, 5.41) is 2.40. The number of carbonyl (C=O) groups excluding carboxylic acids is 1. The van der Waals surface area contributed by atoms with Gasteiger partial charge in [-0.15, -0.1) is 0 Å². The van der Waals surface area contributed by atoms with E-state index in [1.54, 1.807) is 0 Å². The summed E-state index contributed by atoms with van der Waals surface area (Å²) in [6.45, 7) is 2.04. The number of amides is 1. The third kappa shape index (κ3) is 13.0. The SMILES string of the molecule is CCCCCCCCCCCCC(=O)NCCCC(F)(F)C(F)(F)F. The van der Waals surface area contributed by atoms with E-state index in [1.165, 1.54) is 38.5 Å². The molecule has 0 aromatic heterocycles. The summed E-state index contributed by atoms with van der Waals surface area (Å²) in [4.78, 5) is 11.5. The van der Waals surface area contributed by atoms with E-state index in [2.05, 4.69) is 12.2 Å². The van der Waals surface area contributed by atoms with Crippen molar-refractivity contribution < 1.29 is 26.7 Å². The van der Waals surface area contributed by atoms with Gasteiger partial charge >= 0.3 is 12.1 Å². The van der Waals surface area contributed by atoms with Crippen molar-refractivity contribution in [3.05, 3.63) is 0 Å². The molecular formula is C18H32F5NO. The quantitative estimate of drug-likeness (QED) is 0.261. The Hall–Kier alpha value is -0.880. The minimum absolute atomic E-state index is 0.151. The molecule has 0 aliphatic heterocycles. The van der Waals surface area contributed by atoms with Crippen LogP contribution < -0.4 is 5.32 Å². The topological polar surface area (TPSA) is 29.1 Å². The predicted molar refractivity (Wildman–Crippen MR) is 89.7 cm³/mol. The number of nitrogens with one attached hydrogen (secondary N) is 1. The second-order valence-electron chi connectivity index (χ2n) is 6.59. The van der Waals surface area contributed by atoms with Gasteiger partial charge < -0.3 is 5.32 Å². The Kier molecular flexibility index (Phi) is 12.9. The third-order valence-electron chi connectivity index (χ3n) is 4.16. The van der Waals surface area contributed by atoms with Gasteiger partial charge in [-0.05, 0) is 12.8 Å². The number of halogens is 5. The number of alkyl halides is 5. The normalized spacial score (nSPS) is 12.4. The fraction of sp³-hybridized carbons (Fsp3) is 0.944. The number of carbonyl (C=O) groups is 1. The van der Waals surface area contributed by atoms with Crippen LogP contribution in [0.5, 0.6) is 0 Å². The van der Waals surface area contributed by atoms with Crippen molar-refractivity contribution in [2.75, 3.05) is 6.54 Å². The van der Waals surface area contributed by atoms with Gasteiger partial charge in [0.05, 0.1) is 0 Å². The first-order valence-corrected chi connectivity index (χ1v) is 9.42. The van der Waals surface area contributed by atoms with Crippen molar-refractivity contribution in [3.8, 4) is 0 Å². The summed E-state index contributed by atoms with van der Waals surface area (Å²) >= 11 is 0. The minimum Gasteiger partial charge on any atom is -0.356 e. The molecule has 0 rings (SSSR count). The summed E-state index contributed by atoms with van der Waals surface area (Å²) < 4.78 is 61.2. The van der Waals surface area contributed by atoms with E-state index in [1.807, 2.05) is 0 Å². The van der Waals surface area contributed by atoms with Gasteiger partial charge in [0.25, 0.3) is 0 Å². The zero-order valence-electron chi connectivity index (χ0n) is 15.2. The molecule has 0 aliphatic carbocycles. The molecule has 2 nitrogen and oxygen atoms in total. The molecule has 0 bridgehead atoms. The van der Waals surface area contributed by atoms with Crippen molar-refractivity contribution in [2.45, 2.75) is 102 Å². The van der Waals surface area contributed by atoms with Crippen molar-refractivity contribution in [1.82, 2.24) is 5.32 Å². The van der Waals surface area contributed by atoms with Crippen LogP contribution in [0, 0.1) is 0 Å². The molecule has 0 unspecified atom stereocenters. The van der Waals surface area contributed by atoms with Crippen molar-refractivity contribution in [2.24, 2.45) is 0 Å². The monoisotopic (exact) mass is 373 g/mol. The van der Waals surface area contributed by atoms with Crippen LogP contribution in [0.4, 0.5) is 22.0 Å². The van der Waals surface area contributed by atoms with Crippen LogP contribution in [-0.2, 0) is 4.79 Å². The standard InChI is InChI=1S/C18H32F5NO/c1-2-3-4-5-6-7-8-9-10-11-13-16(25)24-15-12-14-17(19,20)18(21,22)23/h2-15H2,1H3,(H,24,25). The lowest BCUT2D eigenvalue weighted by molar-refractivity contribution is -0.284. The average molecular weight is 373 g/mol. The molecule has 0 fully saturated rings. The first-order valence-electron chi connectivity index (χ1n) is 9.42. The predicted octanol–water partition coefficient (Wildman–Crippen LogP) is 6.39. The highest BCUT2D eigenvalue weighted by Crippen LogP contribution is 2.38. The largest absolute Gasteiger partial charge is 0.453 e. The molecule has 0 heterocycles. The zero-order valence-corrected chi connectivity index (χ0v) is 15.2. The van der Waals surface area contributed by atoms with Crippen LogP contribution in [0.1, 0.15) is 90.4 Å². The molecular weight excluding hydrogens is 341 g/mol. The van der Waals surface area contributed by atoms with E-state index >= 15 is 0 Å². The Morgan fingerprint density at radius 1 is 0.760 bits per heavy atom. The van der Waals surface area contributed by atoms with Crippen LogP contribution in [0.15, 0.2) is 0 Å². The molecule has 7 heteroatoms. The Balaban J connectivity index is 3.45. The fourth-order valence-corrected chi connectivity index (χ4v) is 2.54. The Morgan fingerprint density at radius 2 is 1.24 bits per heavy atom. The lowest BCUT2D eigenvalue weighted by Crippen LogP contribution is -2.37. The van der Waals surface area contributed by atoms with Crippen LogP contribution in [0.3, 0.4) is 0 Å². The van der Waals surface area contributed by atoms with Gasteiger partial charge in [-0.2, -0.15) is 22.0 Å². The molecule has 1 N–H and O–H groups in total. The Labute approximate surface area is 147 Å². The molecule has 0 saturated heterocycles. The minimum atomic E-state index is -5.52. The van der Waals surface area contributed by atoms with E-state index in [4.69, 9.17) is 0 Å². The number of rotatable bonds is 15. The molecule has 0 aliphatic rings. The maximum Gasteiger partial charge on any atom is 0.453 e. The van der Waals surface area contributed by atoms with Gasteiger partial charge in [0.1, 0.15) is 0 Å². The number of unbranched alkanes of at least 4 members (excludes halogenated alkanes) is 9. The number of hydrogen-bond donors (Lipinski definition) is 1. The van der Waals surface area contributed by atoms with E-state index in [0.29, 0.717) is 6.42 Å². The highest BCUT2D eigenvalue weighted by molar-refractivity contribution is 5.75. The average Bonchev–Trinajstić information content (AvgIpc) is 2.52. The highest BCUT2D eigenvalue weighted by Gasteiger charge is 2.56. The van der Waals surface area contributed by atoms with Gasteiger partial charge in [0.2, 0.25) is 5.91 Å². The lowest BCUT2D eigenvalue weighted by Gasteiger charge is -2.19. The molecule has 0 atom stereocenters. The smallest absolute Gasteiger partial charge is 0.356 e. The zero-order chi connectivity index (χ0) is 19.2. The maximum atomic E-state index is 12.7. The third-order valence-corrected chi connectivity index (χ3v) is 4.16. The van der Waals surface area contributed by atoms with Crippen LogP contribution in [0.25, 0.3) is 0 Å². The van der Waals surface area contributed by atoms with Gasteiger partial charge in [0, 0.05) is 19.4 Å². The first-order chi connectivity index (χ1) is 11.7. The van der Waals surface area contributed by atoms with Crippen molar-refractivity contribution >= 4 is 5.91 Å². The molecule has 0 aromatic carbocycles. The maximum absolute atomic E-state index is 12.7. The second-order valence-corrected chi connectivity index (χ2v) is 6.59.